The summed E-state index contributed by atoms with van der Waals surface area (Å²) in [6.45, 7) is 10.9. The van der Waals surface area contributed by atoms with Crippen LogP contribution in [-0.2, 0) is 14.3 Å². The number of ether oxygens (including phenoxy) is 1. The highest BCUT2D eigenvalue weighted by atomic mass is 19.1. The van der Waals surface area contributed by atoms with Gasteiger partial charge in [0.05, 0.1) is 46.9 Å². The van der Waals surface area contributed by atoms with Crippen LogP contribution in [0, 0.1) is 24.4 Å². The molecule has 1 N–H and O–H groups in total. The predicted molar refractivity (Wildman–Crippen MR) is 180 cm³/mol. The number of nitrogens with zero attached hydrogens (tertiary/aromatic N) is 5. The topological polar surface area (TPSA) is 108 Å². The zero-order valence-corrected chi connectivity index (χ0v) is 27.8. The molecule has 0 bridgehead atoms. The first-order chi connectivity index (χ1) is 23.3. The summed E-state index contributed by atoms with van der Waals surface area (Å²) in [5, 5.41) is 10.6. The van der Waals surface area contributed by atoms with Crippen LogP contribution in [0.5, 0.6) is 5.75 Å². The summed E-state index contributed by atoms with van der Waals surface area (Å²) in [7, 11) is 1.21. The van der Waals surface area contributed by atoms with Gasteiger partial charge in [0.1, 0.15) is 29.6 Å². The van der Waals surface area contributed by atoms with Crippen molar-refractivity contribution in [2.24, 2.45) is 0 Å². The summed E-state index contributed by atoms with van der Waals surface area (Å²) in [6.07, 6.45) is 2.77. The molecule has 1 amide bonds. The number of aromatic hydroxyl groups is 1. The second kappa shape index (κ2) is 12.6. The van der Waals surface area contributed by atoms with E-state index in [2.05, 4.69) is 11.6 Å². The van der Waals surface area contributed by atoms with E-state index in [9.17, 15) is 14.7 Å². The summed E-state index contributed by atoms with van der Waals surface area (Å²) in [5.74, 6) is -5.42. The summed E-state index contributed by atoms with van der Waals surface area (Å²) >= 11 is 0. The van der Waals surface area contributed by atoms with Crippen LogP contribution < -0.4 is 15.4 Å². The fourth-order valence-electron chi connectivity index (χ4n) is 7.11. The number of halogens is 3. The van der Waals surface area contributed by atoms with Gasteiger partial charge in [0.25, 0.3) is 5.56 Å². The summed E-state index contributed by atoms with van der Waals surface area (Å²) in [5.41, 5.74) is -1.23. The van der Waals surface area contributed by atoms with Crippen molar-refractivity contribution in [1.82, 2.24) is 14.5 Å². The third kappa shape index (κ3) is 5.37. The van der Waals surface area contributed by atoms with Gasteiger partial charge in [0.2, 0.25) is 5.91 Å². The zero-order chi connectivity index (χ0) is 35.5. The average Bonchev–Trinajstić information content (AvgIpc) is 3.05. The molecule has 13 heteroatoms. The Morgan fingerprint density at radius 2 is 1.82 bits per heavy atom. The quantitative estimate of drug-likeness (QED) is 0.220. The number of rotatable bonds is 6. The van der Waals surface area contributed by atoms with E-state index in [-0.39, 0.29) is 66.0 Å². The first kappa shape index (κ1) is 33.6. The molecule has 0 aliphatic carbocycles. The van der Waals surface area contributed by atoms with E-state index in [1.165, 1.54) is 24.2 Å². The van der Waals surface area contributed by atoms with Crippen molar-refractivity contribution >= 4 is 34.2 Å². The van der Waals surface area contributed by atoms with Gasteiger partial charge in [0.15, 0.2) is 5.82 Å². The van der Waals surface area contributed by atoms with E-state index >= 15 is 18.0 Å². The number of benzene rings is 2. The number of carbonyl (C=O) groups is 2. The monoisotopic (exact) mass is 675 g/mol. The molecule has 0 spiro atoms. The van der Waals surface area contributed by atoms with Crippen LogP contribution in [0.25, 0.3) is 27.7 Å². The number of phenolic OH excluding ortho intramolecular Hbond substituents is 1. The number of esters is 1. The molecule has 1 saturated heterocycles. The van der Waals surface area contributed by atoms with Gasteiger partial charge in [-0.25, -0.2) is 13.2 Å². The van der Waals surface area contributed by atoms with Gasteiger partial charge < -0.3 is 24.5 Å². The van der Waals surface area contributed by atoms with Crippen molar-refractivity contribution < 1.29 is 32.6 Å². The molecule has 49 heavy (non-hydrogen) atoms. The van der Waals surface area contributed by atoms with Gasteiger partial charge in [-0.3, -0.25) is 23.9 Å². The third-order valence-electron chi connectivity index (χ3n) is 9.35. The summed E-state index contributed by atoms with van der Waals surface area (Å²) in [4.78, 5) is 50.1. The molecule has 2 aliphatic rings. The molecular weight excluding hydrogens is 639 g/mol. The van der Waals surface area contributed by atoms with Crippen LogP contribution in [0.1, 0.15) is 37.9 Å². The lowest BCUT2D eigenvalue weighted by atomic mass is 9.95. The Hall–Kier alpha value is -5.33. The van der Waals surface area contributed by atoms with E-state index in [1.54, 1.807) is 24.1 Å². The summed E-state index contributed by atoms with van der Waals surface area (Å²) < 4.78 is 55.1. The number of aryl methyl sites for hydroxylation is 1. The number of hydrogen-bond acceptors (Lipinski definition) is 8. The SMILES string of the molecule is C=CC(=O)N1CC2CN(CC(=O)OC)c3c(c4cc(F)c(-c5c(O)cccc5F)c(F)c4n(-c4c(C)ccnc4C(C)C)c3=O)N2CC1C. The predicted octanol–water partition coefficient (Wildman–Crippen LogP) is 5.19. The Morgan fingerprint density at radius 1 is 1.08 bits per heavy atom. The smallest absolute Gasteiger partial charge is 0.325 e. The minimum atomic E-state index is -1.27. The normalized spacial score (nSPS) is 17.3. The molecule has 10 nitrogen and oxygen atoms in total. The van der Waals surface area contributed by atoms with Crippen LogP contribution in [0.2, 0.25) is 0 Å². The molecular formula is C36H36F3N5O5. The molecule has 6 rings (SSSR count). The van der Waals surface area contributed by atoms with Crippen molar-refractivity contribution in [3.8, 4) is 22.6 Å². The highest BCUT2D eigenvalue weighted by Crippen LogP contribution is 2.46. The fourth-order valence-corrected chi connectivity index (χ4v) is 7.11. The fraction of sp³-hybridized carbons (Fsp3) is 0.333. The number of phenols is 1. The number of pyridine rings is 2. The van der Waals surface area contributed by atoms with Gasteiger partial charge in [-0.2, -0.15) is 0 Å². The molecule has 1 fully saturated rings. The van der Waals surface area contributed by atoms with E-state index < -0.39 is 57.9 Å². The van der Waals surface area contributed by atoms with E-state index in [4.69, 9.17) is 4.74 Å². The maximum atomic E-state index is 17.3. The maximum absolute atomic E-state index is 17.3. The number of carbonyl (C=O) groups excluding carboxylic acids is 2. The third-order valence-corrected chi connectivity index (χ3v) is 9.35. The number of hydrogen-bond donors (Lipinski definition) is 1. The van der Waals surface area contributed by atoms with Gasteiger partial charge in [-0.15, -0.1) is 0 Å². The van der Waals surface area contributed by atoms with E-state index in [0.717, 1.165) is 22.8 Å². The zero-order valence-electron chi connectivity index (χ0n) is 27.8. The number of amides is 1. The molecule has 0 saturated carbocycles. The number of methoxy groups -OCH3 is 1. The van der Waals surface area contributed by atoms with Crippen molar-refractivity contribution in [3.63, 3.8) is 0 Å². The van der Waals surface area contributed by atoms with E-state index in [1.807, 2.05) is 25.7 Å². The lowest BCUT2D eigenvalue weighted by Crippen LogP contribution is -2.64. The van der Waals surface area contributed by atoms with Gasteiger partial charge in [0, 0.05) is 37.3 Å². The number of aromatic nitrogens is 2. The Kier molecular flexibility index (Phi) is 8.63. The van der Waals surface area contributed by atoms with Gasteiger partial charge >= 0.3 is 5.97 Å². The first-order valence-corrected chi connectivity index (χ1v) is 15.9. The van der Waals surface area contributed by atoms with Crippen molar-refractivity contribution in [2.75, 3.05) is 43.1 Å². The Bertz CT molecular complexity index is 2080. The highest BCUT2D eigenvalue weighted by molar-refractivity contribution is 6.04. The molecule has 256 valence electrons. The molecule has 2 aromatic carbocycles. The minimum Gasteiger partial charge on any atom is -0.507 e. The molecule has 4 heterocycles. The van der Waals surface area contributed by atoms with Crippen molar-refractivity contribution in [2.45, 2.75) is 45.7 Å². The van der Waals surface area contributed by atoms with Gasteiger partial charge in [-0.05, 0) is 55.7 Å². The highest BCUT2D eigenvalue weighted by Gasteiger charge is 2.43. The Morgan fingerprint density at radius 3 is 2.47 bits per heavy atom. The molecule has 4 aromatic rings. The number of piperazine rings is 1. The number of fused-ring (bicyclic) bond motifs is 5. The van der Waals surface area contributed by atoms with Crippen LogP contribution in [0.4, 0.5) is 24.5 Å². The lowest BCUT2D eigenvalue weighted by Gasteiger charge is -2.51. The van der Waals surface area contributed by atoms with Crippen LogP contribution >= 0.6 is 0 Å². The molecule has 2 atom stereocenters. The maximum Gasteiger partial charge on any atom is 0.325 e. The lowest BCUT2D eigenvalue weighted by molar-refractivity contribution is -0.139. The average molecular weight is 676 g/mol. The van der Waals surface area contributed by atoms with Gasteiger partial charge in [-0.1, -0.05) is 26.5 Å². The molecule has 2 aromatic heterocycles. The molecule has 2 unspecified atom stereocenters. The second-order valence-corrected chi connectivity index (χ2v) is 12.7. The van der Waals surface area contributed by atoms with Crippen LogP contribution in [0.3, 0.4) is 0 Å². The largest absolute Gasteiger partial charge is 0.507 e. The second-order valence-electron chi connectivity index (χ2n) is 12.7. The first-order valence-electron chi connectivity index (χ1n) is 15.9. The Balaban J connectivity index is 1.80. The van der Waals surface area contributed by atoms with Crippen LogP contribution in [-0.4, -0.2) is 76.8 Å². The van der Waals surface area contributed by atoms with Crippen LogP contribution in [0.15, 0.2) is 54.0 Å². The Labute approximate surface area is 280 Å². The van der Waals surface area contributed by atoms with Crippen molar-refractivity contribution in [3.05, 3.63) is 88.2 Å². The molecule has 2 aliphatic heterocycles. The standard InChI is InChI=1S/C36H36F3N5O5/c1-7-26(46)42-16-21-15-41(17-27(47)49-6)35-34(43(21)14-20(42)5)22-13-24(38)29(28-23(37)9-8-10-25(28)45)30(39)33(22)44(36(35)48)32-19(4)11-12-40-31(32)18(2)3/h7-13,18,20-21,45H,1,14-17H2,2-6H3. The summed E-state index contributed by atoms with van der Waals surface area (Å²) in [6, 6.07) is 5.08. The van der Waals surface area contributed by atoms with Crippen molar-refractivity contribution in [1.29, 1.82) is 0 Å². The molecule has 0 radical (unpaired) electrons. The number of anilines is 2. The minimum absolute atomic E-state index is 0.00287. The van der Waals surface area contributed by atoms with E-state index in [0.29, 0.717) is 11.3 Å².